The molecule has 5 nitrogen and oxygen atoms in total. The van der Waals surface area contributed by atoms with Gasteiger partial charge in [0.25, 0.3) is 0 Å². The monoisotopic (exact) mass is 290 g/mol. The van der Waals surface area contributed by atoms with Gasteiger partial charge in [-0.2, -0.15) is 0 Å². The summed E-state index contributed by atoms with van der Waals surface area (Å²) in [6.07, 6.45) is 1.19. The lowest BCUT2D eigenvalue weighted by molar-refractivity contribution is -0.481. The van der Waals surface area contributed by atoms with Gasteiger partial charge in [0.05, 0.1) is 5.41 Å². The first-order valence-electron chi connectivity index (χ1n) is 7.53. The maximum atomic E-state index is 12.9. The summed E-state index contributed by atoms with van der Waals surface area (Å²) >= 11 is 0. The summed E-state index contributed by atoms with van der Waals surface area (Å²) in [4.78, 5) is 25.0. The highest BCUT2D eigenvalue weighted by Crippen LogP contribution is 2.57. The molecule has 1 amide bonds. The van der Waals surface area contributed by atoms with Crippen molar-refractivity contribution in [2.75, 3.05) is 19.6 Å². The number of nitrogens with zero attached hydrogens (tertiary/aromatic N) is 2. The first-order chi connectivity index (χ1) is 10.1. The van der Waals surface area contributed by atoms with Crippen molar-refractivity contribution < 1.29 is 9.72 Å². The van der Waals surface area contributed by atoms with E-state index in [1.807, 2.05) is 49.1 Å². The minimum atomic E-state index is -0.538. The van der Waals surface area contributed by atoms with Crippen molar-refractivity contribution >= 4 is 5.91 Å². The molecule has 1 fully saturated rings. The Balaban J connectivity index is 2.25. The number of likely N-dealkylation sites (N-methyl/N-ethyl adjacent to an activating group) is 1. The molecule has 0 aromatic heterocycles. The standard InChI is InChI=1S/C16H22N2O3/c1-3-17(4-2)15(19)16(13-8-6-5-7-9-13)12-14(16)10-11-18(20)21/h5-9,14H,3-4,10-12H2,1-2H3/t14-,16-/m1/s1. The third kappa shape index (κ3) is 2.91. The lowest BCUT2D eigenvalue weighted by Gasteiger charge is -2.26. The third-order valence-electron chi connectivity index (χ3n) is 4.49. The van der Waals surface area contributed by atoms with Crippen molar-refractivity contribution in [3.8, 4) is 0 Å². The number of amides is 1. The molecule has 5 heteroatoms. The number of benzene rings is 1. The largest absolute Gasteiger partial charge is 0.342 e. The first-order valence-corrected chi connectivity index (χ1v) is 7.53. The Hall–Kier alpha value is -1.91. The molecule has 1 saturated carbocycles. The van der Waals surface area contributed by atoms with Crippen LogP contribution in [-0.4, -0.2) is 35.4 Å². The number of carbonyl (C=O) groups is 1. The summed E-state index contributed by atoms with van der Waals surface area (Å²) in [6, 6.07) is 9.71. The van der Waals surface area contributed by atoms with Crippen molar-refractivity contribution in [3.05, 3.63) is 46.0 Å². The molecule has 1 aromatic rings. The normalized spacial score (nSPS) is 23.6. The van der Waals surface area contributed by atoms with Crippen molar-refractivity contribution in [1.29, 1.82) is 0 Å². The zero-order valence-electron chi connectivity index (χ0n) is 12.6. The molecule has 0 N–H and O–H groups in total. The van der Waals surface area contributed by atoms with Crippen LogP contribution in [0.15, 0.2) is 30.3 Å². The van der Waals surface area contributed by atoms with Gasteiger partial charge in [-0.25, -0.2) is 0 Å². The smallest absolute Gasteiger partial charge is 0.233 e. The average Bonchev–Trinajstić information content (AvgIpc) is 3.23. The molecule has 0 bridgehead atoms. The zero-order chi connectivity index (χ0) is 15.5. The number of carbonyl (C=O) groups excluding carboxylic acids is 1. The highest BCUT2D eigenvalue weighted by atomic mass is 16.6. The lowest BCUT2D eigenvalue weighted by Crippen LogP contribution is -2.40. The molecule has 2 rings (SSSR count). The lowest BCUT2D eigenvalue weighted by atomic mass is 9.90. The van der Waals surface area contributed by atoms with Crippen LogP contribution in [0.1, 0.15) is 32.3 Å². The fourth-order valence-electron chi connectivity index (χ4n) is 3.21. The molecular weight excluding hydrogens is 268 g/mol. The molecule has 0 saturated heterocycles. The Labute approximate surface area is 125 Å². The summed E-state index contributed by atoms with van der Waals surface area (Å²) in [7, 11) is 0. The molecule has 21 heavy (non-hydrogen) atoms. The highest BCUT2D eigenvalue weighted by molar-refractivity contribution is 5.92. The molecule has 0 spiro atoms. The maximum absolute atomic E-state index is 12.9. The van der Waals surface area contributed by atoms with Crippen LogP contribution in [0.25, 0.3) is 0 Å². The zero-order valence-corrected chi connectivity index (χ0v) is 12.6. The molecule has 0 aliphatic heterocycles. The first kappa shape index (κ1) is 15.5. The van der Waals surface area contributed by atoms with Crippen LogP contribution in [0.5, 0.6) is 0 Å². The van der Waals surface area contributed by atoms with Crippen LogP contribution in [-0.2, 0) is 10.2 Å². The number of hydrogen-bond acceptors (Lipinski definition) is 3. The molecule has 0 heterocycles. The van der Waals surface area contributed by atoms with Gasteiger partial charge in [-0.15, -0.1) is 0 Å². The second kappa shape index (κ2) is 6.24. The number of nitro groups is 1. The Kier molecular flexibility index (Phi) is 4.60. The van der Waals surface area contributed by atoms with Gasteiger partial charge in [-0.1, -0.05) is 30.3 Å². The Morgan fingerprint density at radius 3 is 2.48 bits per heavy atom. The fourth-order valence-corrected chi connectivity index (χ4v) is 3.21. The summed E-state index contributed by atoms with van der Waals surface area (Å²) in [6.45, 7) is 5.21. The van der Waals surface area contributed by atoms with E-state index in [2.05, 4.69) is 0 Å². The van der Waals surface area contributed by atoms with Gasteiger partial charge in [0.2, 0.25) is 12.5 Å². The second-order valence-electron chi connectivity index (χ2n) is 5.56. The van der Waals surface area contributed by atoms with Crippen LogP contribution >= 0.6 is 0 Å². The number of hydrogen-bond donors (Lipinski definition) is 0. The summed E-state index contributed by atoms with van der Waals surface area (Å²) in [5, 5.41) is 10.6. The molecule has 1 aromatic carbocycles. The topological polar surface area (TPSA) is 63.5 Å². The maximum Gasteiger partial charge on any atom is 0.233 e. The van der Waals surface area contributed by atoms with Gasteiger partial charge in [0.15, 0.2) is 0 Å². The van der Waals surface area contributed by atoms with Gasteiger partial charge < -0.3 is 4.90 Å². The van der Waals surface area contributed by atoms with Gasteiger partial charge in [0.1, 0.15) is 0 Å². The van der Waals surface area contributed by atoms with Gasteiger partial charge in [-0.3, -0.25) is 14.9 Å². The van der Waals surface area contributed by atoms with Crippen LogP contribution in [0.3, 0.4) is 0 Å². The molecule has 0 unspecified atom stereocenters. The van der Waals surface area contributed by atoms with Crippen molar-refractivity contribution in [3.63, 3.8) is 0 Å². The van der Waals surface area contributed by atoms with Crippen LogP contribution in [0.4, 0.5) is 0 Å². The van der Waals surface area contributed by atoms with Crippen LogP contribution < -0.4 is 0 Å². The SMILES string of the molecule is CCN(CC)C(=O)[C@@]1(c2ccccc2)C[C@H]1CC[N+](=O)[O-]. The molecule has 2 atom stereocenters. The van der Waals surface area contributed by atoms with E-state index in [4.69, 9.17) is 0 Å². The van der Waals surface area contributed by atoms with Gasteiger partial charge >= 0.3 is 0 Å². The Morgan fingerprint density at radius 2 is 1.95 bits per heavy atom. The highest BCUT2D eigenvalue weighted by Gasteiger charge is 2.61. The van der Waals surface area contributed by atoms with E-state index < -0.39 is 5.41 Å². The Morgan fingerprint density at radius 1 is 1.33 bits per heavy atom. The van der Waals surface area contributed by atoms with Crippen molar-refractivity contribution in [2.45, 2.75) is 32.1 Å². The van der Waals surface area contributed by atoms with Crippen LogP contribution in [0.2, 0.25) is 0 Å². The predicted molar refractivity (Wildman–Crippen MR) is 80.6 cm³/mol. The molecule has 0 radical (unpaired) electrons. The predicted octanol–water partition coefficient (Wildman–Crippen LogP) is 2.48. The number of rotatable bonds is 7. The molecular formula is C16H22N2O3. The quantitative estimate of drug-likeness (QED) is 0.572. The summed E-state index contributed by atoms with van der Waals surface area (Å²) in [5.41, 5.74) is 0.457. The van der Waals surface area contributed by atoms with Crippen LogP contribution in [0, 0.1) is 16.0 Å². The van der Waals surface area contributed by atoms with E-state index in [9.17, 15) is 14.9 Å². The van der Waals surface area contributed by atoms with E-state index in [1.165, 1.54) is 0 Å². The van der Waals surface area contributed by atoms with Gasteiger partial charge in [0, 0.05) is 24.4 Å². The van der Waals surface area contributed by atoms with E-state index in [0.717, 1.165) is 12.0 Å². The van der Waals surface area contributed by atoms with E-state index in [1.54, 1.807) is 0 Å². The molecule has 1 aliphatic carbocycles. The fraction of sp³-hybridized carbons (Fsp3) is 0.562. The minimum absolute atomic E-state index is 0.0647. The van der Waals surface area contributed by atoms with E-state index >= 15 is 0 Å². The Bertz CT molecular complexity index is 514. The minimum Gasteiger partial charge on any atom is -0.342 e. The summed E-state index contributed by atoms with van der Waals surface area (Å²) in [5.74, 6) is 0.199. The average molecular weight is 290 g/mol. The van der Waals surface area contributed by atoms with Crippen molar-refractivity contribution in [2.24, 2.45) is 5.92 Å². The third-order valence-corrected chi connectivity index (χ3v) is 4.49. The molecule has 114 valence electrons. The second-order valence-corrected chi connectivity index (χ2v) is 5.56. The van der Waals surface area contributed by atoms with E-state index in [0.29, 0.717) is 19.5 Å². The van der Waals surface area contributed by atoms with E-state index in [-0.39, 0.29) is 23.3 Å². The van der Waals surface area contributed by atoms with Gasteiger partial charge in [-0.05, 0) is 31.7 Å². The summed E-state index contributed by atoms with van der Waals surface area (Å²) < 4.78 is 0. The molecule has 1 aliphatic rings. The van der Waals surface area contributed by atoms with Crippen molar-refractivity contribution in [1.82, 2.24) is 4.90 Å².